The Labute approximate surface area is 147 Å². The van der Waals surface area contributed by atoms with Crippen LogP contribution in [0.2, 0.25) is 10.0 Å². The van der Waals surface area contributed by atoms with Crippen LogP contribution in [0.3, 0.4) is 0 Å². The highest BCUT2D eigenvalue weighted by atomic mass is 35.5. The van der Waals surface area contributed by atoms with E-state index in [-0.39, 0.29) is 13.2 Å². The molecule has 0 aliphatic carbocycles. The molecule has 0 fully saturated rings. The zero-order chi connectivity index (χ0) is 16.7. The van der Waals surface area contributed by atoms with Gasteiger partial charge < -0.3 is 10.1 Å². The molecule has 7 heteroatoms. The van der Waals surface area contributed by atoms with Gasteiger partial charge in [-0.15, -0.1) is 11.3 Å². The molecular weight excluding hydrogens is 357 g/mol. The van der Waals surface area contributed by atoms with E-state index in [4.69, 9.17) is 27.9 Å². The minimum Gasteiger partial charge on any atom is -0.452 e. The summed E-state index contributed by atoms with van der Waals surface area (Å²) in [4.78, 5) is 24.1. The topological polar surface area (TPSA) is 55.4 Å². The first-order chi connectivity index (χ1) is 11.0. The zero-order valence-electron chi connectivity index (χ0n) is 11.9. The average Bonchev–Trinajstić information content (AvgIpc) is 3.03. The molecule has 0 bridgehead atoms. The molecule has 0 spiro atoms. The first kappa shape index (κ1) is 17.5. The van der Waals surface area contributed by atoms with Gasteiger partial charge >= 0.3 is 5.97 Å². The molecule has 0 saturated heterocycles. The highest BCUT2D eigenvalue weighted by Gasteiger charge is 2.07. The fourth-order valence-electron chi connectivity index (χ4n) is 1.63. The van der Waals surface area contributed by atoms with Crippen LogP contribution in [0.5, 0.6) is 0 Å². The van der Waals surface area contributed by atoms with E-state index in [0.29, 0.717) is 10.0 Å². The summed E-state index contributed by atoms with van der Waals surface area (Å²) in [6.07, 6.45) is 2.92. The van der Waals surface area contributed by atoms with Gasteiger partial charge in [0.15, 0.2) is 6.61 Å². The van der Waals surface area contributed by atoms with E-state index in [1.54, 1.807) is 24.3 Å². The summed E-state index contributed by atoms with van der Waals surface area (Å²) < 4.78 is 4.85. The number of halogens is 2. The molecule has 0 saturated carbocycles. The van der Waals surface area contributed by atoms with Gasteiger partial charge in [0.2, 0.25) is 0 Å². The van der Waals surface area contributed by atoms with Crippen LogP contribution in [0.15, 0.2) is 41.8 Å². The average molecular weight is 370 g/mol. The maximum Gasteiger partial charge on any atom is 0.331 e. The molecule has 0 unspecified atom stereocenters. The molecule has 1 aromatic heterocycles. The lowest BCUT2D eigenvalue weighted by Crippen LogP contribution is -2.28. The predicted octanol–water partition coefficient (Wildman–Crippen LogP) is 3.93. The molecule has 0 aliphatic rings. The second-order valence-corrected chi connectivity index (χ2v) is 6.29. The van der Waals surface area contributed by atoms with E-state index in [2.05, 4.69) is 5.32 Å². The van der Waals surface area contributed by atoms with Gasteiger partial charge in [0.25, 0.3) is 5.91 Å². The van der Waals surface area contributed by atoms with E-state index >= 15 is 0 Å². The van der Waals surface area contributed by atoms with Gasteiger partial charge in [-0.1, -0.05) is 35.3 Å². The van der Waals surface area contributed by atoms with Crippen LogP contribution < -0.4 is 5.32 Å². The van der Waals surface area contributed by atoms with Crippen molar-refractivity contribution in [2.75, 3.05) is 6.61 Å². The molecule has 0 atom stereocenters. The second-order valence-electron chi connectivity index (χ2n) is 4.47. The Hall–Kier alpha value is -1.82. The Kier molecular flexibility index (Phi) is 6.65. The number of hydrogen-bond donors (Lipinski definition) is 1. The monoisotopic (exact) mass is 369 g/mol. The van der Waals surface area contributed by atoms with Crippen molar-refractivity contribution in [2.24, 2.45) is 0 Å². The zero-order valence-corrected chi connectivity index (χ0v) is 14.3. The van der Waals surface area contributed by atoms with Crippen LogP contribution in [0.25, 0.3) is 6.08 Å². The van der Waals surface area contributed by atoms with Crippen molar-refractivity contribution in [1.82, 2.24) is 5.32 Å². The van der Waals surface area contributed by atoms with Crippen molar-refractivity contribution in [1.29, 1.82) is 0 Å². The Bertz CT molecular complexity index is 714. The van der Waals surface area contributed by atoms with E-state index in [1.807, 2.05) is 17.5 Å². The van der Waals surface area contributed by atoms with Crippen LogP contribution in [0, 0.1) is 0 Å². The van der Waals surface area contributed by atoms with Gasteiger partial charge in [-0.3, -0.25) is 4.79 Å². The summed E-state index contributed by atoms with van der Waals surface area (Å²) in [7, 11) is 0. The normalized spacial score (nSPS) is 10.7. The Balaban J connectivity index is 1.73. The number of carbonyl (C=O) groups is 2. The van der Waals surface area contributed by atoms with Gasteiger partial charge in [-0.05, 0) is 35.2 Å². The Morgan fingerprint density at radius 1 is 1.26 bits per heavy atom. The third kappa shape index (κ3) is 6.06. The maximum absolute atomic E-state index is 11.7. The molecule has 4 nitrogen and oxygen atoms in total. The van der Waals surface area contributed by atoms with Crippen molar-refractivity contribution in [2.45, 2.75) is 6.54 Å². The Morgan fingerprint density at radius 2 is 2.09 bits per heavy atom. The van der Waals surface area contributed by atoms with Crippen LogP contribution in [-0.2, 0) is 20.9 Å². The third-order valence-electron chi connectivity index (χ3n) is 2.76. The lowest BCUT2D eigenvalue weighted by atomic mass is 10.2. The van der Waals surface area contributed by atoms with Gasteiger partial charge in [-0.2, -0.15) is 0 Å². The molecule has 2 rings (SSSR count). The summed E-state index contributed by atoms with van der Waals surface area (Å²) >= 11 is 13.3. The van der Waals surface area contributed by atoms with Crippen LogP contribution in [-0.4, -0.2) is 18.5 Å². The van der Waals surface area contributed by atoms with Crippen molar-refractivity contribution in [3.8, 4) is 0 Å². The van der Waals surface area contributed by atoms with Crippen molar-refractivity contribution in [3.05, 3.63) is 62.3 Å². The molecule has 1 N–H and O–H groups in total. The number of hydrogen-bond acceptors (Lipinski definition) is 4. The van der Waals surface area contributed by atoms with Crippen LogP contribution >= 0.6 is 34.5 Å². The fraction of sp³-hybridized carbons (Fsp3) is 0.125. The molecule has 1 heterocycles. The van der Waals surface area contributed by atoms with Crippen molar-refractivity contribution in [3.63, 3.8) is 0 Å². The maximum atomic E-state index is 11.7. The predicted molar refractivity (Wildman–Crippen MR) is 92.6 cm³/mol. The van der Waals surface area contributed by atoms with Gasteiger partial charge in [-0.25, -0.2) is 4.79 Å². The minimum atomic E-state index is -0.571. The summed E-state index contributed by atoms with van der Waals surface area (Å²) in [6.45, 7) is -0.115. The summed E-state index contributed by atoms with van der Waals surface area (Å²) in [5, 5.41) is 5.51. The quantitative estimate of drug-likeness (QED) is 0.619. The first-order valence-electron chi connectivity index (χ1n) is 6.63. The van der Waals surface area contributed by atoms with Crippen molar-refractivity contribution >= 4 is 52.5 Å². The van der Waals surface area contributed by atoms with Gasteiger partial charge in [0, 0.05) is 27.5 Å². The molecule has 120 valence electrons. The van der Waals surface area contributed by atoms with Crippen LogP contribution in [0.1, 0.15) is 10.4 Å². The fourth-order valence-corrected chi connectivity index (χ4v) is 2.72. The SMILES string of the molecule is O=C(COC(=O)C=Cc1cccs1)NCc1ccc(Cl)cc1Cl. The number of amides is 1. The highest BCUT2D eigenvalue weighted by molar-refractivity contribution is 7.10. The van der Waals surface area contributed by atoms with Crippen molar-refractivity contribution < 1.29 is 14.3 Å². The van der Waals surface area contributed by atoms with E-state index in [9.17, 15) is 9.59 Å². The number of esters is 1. The summed E-state index contributed by atoms with van der Waals surface area (Å²) in [5.41, 5.74) is 0.730. The smallest absolute Gasteiger partial charge is 0.331 e. The van der Waals surface area contributed by atoms with E-state index in [1.165, 1.54) is 17.4 Å². The number of nitrogens with one attached hydrogen (secondary N) is 1. The summed E-state index contributed by atoms with van der Waals surface area (Å²) in [6, 6.07) is 8.76. The lowest BCUT2D eigenvalue weighted by Gasteiger charge is -2.07. The Morgan fingerprint density at radius 3 is 2.78 bits per heavy atom. The number of thiophene rings is 1. The second kappa shape index (κ2) is 8.72. The van der Waals surface area contributed by atoms with Gasteiger partial charge in [0.1, 0.15) is 0 Å². The first-order valence-corrected chi connectivity index (χ1v) is 8.27. The molecule has 23 heavy (non-hydrogen) atoms. The number of carbonyl (C=O) groups excluding carboxylic acids is 2. The molecule has 1 amide bonds. The third-order valence-corrected chi connectivity index (χ3v) is 4.19. The highest BCUT2D eigenvalue weighted by Crippen LogP contribution is 2.20. The molecule has 2 aromatic rings. The largest absolute Gasteiger partial charge is 0.452 e. The van der Waals surface area contributed by atoms with Gasteiger partial charge in [0.05, 0.1) is 0 Å². The van der Waals surface area contributed by atoms with E-state index < -0.39 is 11.9 Å². The number of rotatable bonds is 6. The molecule has 0 radical (unpaired) electrons. The number of ether oxygens (including phenoxy) is 1. The minimum absolute atomic E-state index is 0.234. The van der Waals surface area contributed by atoms with E-state index in [0.717, 1.165) is 10.4 Å². The molecular formula is C16H13Cl2NO3S. The standard InChI is InChI=1S/C16H13Cl2NO3S/c17-12-4-3-11(14(18)8-12)9-19-15(20)10-22-16(21)6-5-13-2-1-7-23-13/h1-8H,9-10H2,(H,19,20). The summed E-state index contributed by atoms with van der Waals surface area (Å²) in [5.74, 6) is -0.980. The molecule has 0 aliphatic heterocycles. The lowest BCUT2D eigenvalue weighted by molar-refractivity contribution is -0.143. The van der Waals surface area contributed by atoms with Crippen LogP contribution in [0.4, 0.5) is 0 Å². The molecule has 1 aromatic carbocycles. The number of benzene rings is 1.